The van der Waals surface area contributed by atoms with Crippen LogP contribution in [0.1, 0.15) is 33.4 Å². The van der Waals surface area contributed by atoms with Crippen LogP contribution in [0.4, 0.5) is 26.0 Å². The Labute approximate surface area is 243 Å². The Morgan fingerprint density at radius 3 is 2.51 bits per heavy atom. The lowest BCUT2D eigenvalue weighted by molar-refractivity contribution is 0.0521. The number of hydrogen-bond donors (Lipinski definition) is 1. The fraction of sp³-hybridized carbons (Fsp3) is 0.448. The van der Waals surface area contributed by atoms with Gasteiger partial charge in [-0.1, -0.05) is 6.92 Å². The molecular formula is C29H37FN8O2S. The molecule has 1 N–H and O–H groups in total. The smallest absolute Gasteiger partial charge is 0.407 e. The Hall–Kier alpha value is -3.77. The summed E-state index contributed by atoms with van der Waals surface area (Å²) in [5, 5.41) is 10.6. The fourth-order valence-electron chi connectivity index (χ4n) is 4.79. The van der Waals surface area contributed by atoms with E-state index in [4.69, 9.17) is 19.8 Å². The highest BCUT2D eigenvalue weighted by molar-refractivity contribution is 7.14. The van der Waals surface area contributed by atoms with Crippen molar-refractivity contribution in [3.63, 3.8) is 0 Å². The second-order valence-electron chi connectivity index (χ2n) is 11.0. The molecule has 0 spiro atoms. The monoisotopic (exact) mass is 580 g/mol. The number of imidazole rings is 1. The predicted molar refractivity (Wildman–Crippen MR) is 161 cm³/mol. The van der Waals surface area contributed by atoms with Gasteiger partial charge in [0, 0.05) is 57.3 Å². The molecule has 41 heavy (non-hydrogen) atoms. The summed E-state index contributed by atoms with van der Waals surface area (Å²) in [5.74, 6) is 1.51. The maximum Gasteiger partial charge on any atom is 0.407 e. The SMILES string of the molecule is CCc1nc2ccc(N3CCN(CCNC(=O)OC(C)(C)C)CC3)nn2c1N(C)c1nc(-c2ccc(F)cc2)cs1. The van der Waals surface area contributed by atoms with E-state index < -0.39 is 5.60 Å². The molecule has 0 atom stereocenters. The average Bonchev–Trinajstić information content (AvgIpc) is 3.57. The zero-order chi connectivity index (χ0) is 29.1. The number of nitrogens with one attached hydrogen (secondary N) is 1. The minimum absolute atomic E-state index is 0.266. The second-order valence-corrected chi connectivity index (χ2v) is 11.9. The van der Waals surface area contributed by atoms with E-state index in [1.165, 1.54) is 23.5 Å². The molecule has 0 unspecified atom stereocenters. The summed E-state index contributed by atoms with van der Waals surface area (Å²) in [5.41, 5.74) is 2.90. The van der Waals surface area contributed by atoms with Gasteiger partial charge < -0.3 is 19.9 Å². The quantitative estimate of drug-likeness (QED) is 0.313. The van der Waals surface area contributed by atoms with Gasteiger partial charge in [-0.3, -0.25) is 4.90 Å². The molecule has 0 bridgehead atoms. The van der Waals surface area contributed by atoms with E-state index in [0.29, 0.717) is 6.54 Å². The Balaban J connectivity index is 1.27. The molecular weight excluding hydrogens is 543 g/mol. The number of rotatable bonds is 8. The highest BCUT2D eigenvalue weighted by atomic mass is 32.1. The van der Waals surface area contributed by atoms with Crippen LogP contribution in [0.25, 0.3) is 16.9 Å². The van der Waals surface area contributed by atoms with Crippen LogP contribution in [0, 0.1) is 5.82 Å². The normalized spacial score (nSPS) is 14.4. The largest absolute Gasteiger partial charge is 0.444 e. The van der Waals surface area contributed by atoms with Gasteiger partial charge in [0.25, 0.3) is 0 Å². The molecule has 1 aliphatic heterocycles. The van der Waals surface area contributed by atoms with Gasteiger partial charge in [-0.15, -0.1) is 16.4 Å². The predicted octanol–water partition coefficient (Wildman–Crippen LogP) is 4.97. The highest BCUT2D eigenvalue weighted by Gasteiger charge is 2.23. The first-order valence-corrected chi connectivity index (χ1v) is 14.8. The summed E-state index contributed by atoms with van der Waals surface area (Å²) in [6, 6.07) is 10.4. The van der Waals surface area contributed by atoms with Gasteiger partial charge in [-0.2, -0.15) is 4.52 Å². The lowest BCUT2D eigenvalue weighted by atomic mass is 10.2. The Morgan fingerprint density at radius 2 is 1.83 bits per heavy atom. The van der Waals surface area contributed by atoms with Crippen molar-refractivity contribution >= 4 is 39.8 Å². The first-order valence-electron chi connectivity index (χ1n) is 13.9. The maximum atomic E-state index is 13.4. The molecule has 5 rings (SSSR count). The third kappa shape index (κ3) is 6.76. The number of piperazine rings is 1. The molecule has 218 valence electrons. The van der Waals surface area contributed by atoms with E-state index >= 15 is 0 Å². The molecule has 10 nitrogen and oxygen atoms in total. The molecule has 1 aromatic carbocycles. The summed E-state index contributed by atoms with van der Waals surface area (Å²) < 4.78 is 20.6. The van der Waals surface area contributed by atoms with Crippen molar-refractivity contribution in [1.82, 2.24) is 29.8 Å². The second kappa shape index (κ2) is 12.0. The standard InChI is InChI=1S/C29H37FN8O2S/c1-6-22-26(35(5)27-33-23(19-41-27)20-7-9-21(30)10-8-20)38-24(32-22)11-12-25(34-38)37-17-15-36(16-18-37)14-13-31-28(39)40-29(2,3)4/h7-12,19H,6,13-18H2,1-5H3,(H,31,39). The molecule has 1 saturated heterocycles. The number of halogens is 1. The van der Waals surface area contributed by atoms with Crippen LogP contribution in [-0.4, -0.2) is 82.5 Å². The Bertz CT molecular complexity index is 1490. The summed E-state index contributed by atoms with van der Waals surface area (Å²) in [6.07, 6.45) is 0.371. The molecule has 1 fully saturated rings. The van der Waals surface area contributed by atoms with Crippen molar-refractivity contribution in [3.8, 4) is 11.3 Å². The minimum atomic E-state index is -0.501. The molecule has 1 aliphatic rings. The number of carbonyl (C=O) groups is 1. The summed E-state index contributed by atoms with van der Waals surface area (Å²) in [4.78, 5) is 28.2. The van der Waals surface area contributed by atoms with Crippen molar-refractivity contribution in [2.24, 2.45) is 0 Å². The lowest BCUT2D eigenvalue weighted by Crippen LogP contribution is -2.49. The van der Waals surface area contributed by atoms with Crippen LogP contribution >= 0.6 is 11.3 Å². The first kappa shape index (κ1) is 28.7. The zero-order valence-electron chi connectivity index (χ0n) is 24.2. The molecule has 0 radical (unpaired) electrons. The molecule has 12 heteroatoms. The number of amides is 1. The number of benzene rings is 1. The van der Waals surface area contributed by atoms with E-state index in [1.807, 2.05) is 54.7 Å². The molecule has 1 amide bonds. The molecule has 4 heterocycles. The highest BCUT2D eigenvalue weighted by Crippen LogP contribution is 2.33. The van der Waals surface area contributed by atoms with E-state index in [-0.39, 0.29) is 11.9 Å². The summed E-state index contributed by atoms with van der Waals surface area (Å²) in [7, 11) is 1.98. The Kier molecular flexibility index (Phi) is 8.41. The number of anilines is 3. The van der Waals surface area contributed by atoms with E-state index in [1.54, 1.807) is 12.1 Å². The van der Waals surface area contributed by atoms with Crippen LogP contribution < -0.4 is 15.1 Å². The third-order valence-corrected chi connectivity index (χ3v) is 7.79. The fourth-order valence-corrected chi connectivity index (χ4v) is 5.59. The minimum Gasteiger partial charge on any atom is -0.444 e. The van der Waals surface area contributed by atoms with Crippen molar-refractivity contribution in [2.75, 3.05) is 56.1 Å². The van der Waals surface area contributed by atoms with Gasteiger partial charge >= 0.3 is 6.09 Å². The number of aryl methyl sites for hydroxylation is 1. The molecule has 0 aliphatic carbocycles. The van der Waals surface area contributed by atoms with E-state index in [0.717, 1.165) is 78.5 Å². The van der Waals surface area contributed by atoms with Gasteiger partial charge in [-0.05, 0) is 63.6 Å². The van der Waals surface area contributed by atoms with Crippen LogP contribution in [0.2, 0.25) is 0 Å². The number of thiazole rings is 1. The molecule has 0 saturated carbocycles. The maximum absolute atomic E-state index is 13.4. The van der Waals surface area contributed by atoms with Gasteiger partial charge in [-0.25, -0.2) is 19.2 Å². The van der Waals surface area contributed by atoms with Gasteiger partial charge in [0.1, 0.15) is 17.2 Å². The van der Waals surface area contributed by atoms with Gasteiger partial charge in [0.2, 0.25) is 0 Å². The molecule has 3 aromatic heterocycles. The van der Waals surface area contributed by atoms with Crippen molar-refractivity contribution in [3.05, 3.63) is 53.3 Å². The van der Waals surface area contributed by atoms with Crippen LogP contribution in [0.5, 0.6) is 0 Å². The van der Waals surface area contributed by atoms with Crippen molar-refractivity contribution in [1.29, 1.82) is 0 Å². The number of alkyl carbamates (subject to hydrolysis) is 1. The number of carbonyl (C=O) groups excluding carboxylic acids is 1. The Morgan fingerprint density at radius 1 is 1.10 bits per heavy atom. The number of hydrogen-bond acceptors (Lipinski definition) is 9. The number of aromatic nitrogens is 4. The van der Waals surface area contributed by atoms with E-state index in [2.05, 4.69) is 22.0 Å². The lowest BCUT2D eigenvalue weighted by Gasteiger charge is -2.35. The number of ether oxygens (including phenoxy) is 1. The van der Waals surface area contributed by atoms with Gasteiger partial charge in [0.05, 0.1) is 11.4 Å². The van der Waals surface area contributed by atoms with Crippen LogP contribution in [0.3, 0.4) is 0 Å². The van der Waals surface area contributed by atoms with E-state index in [9.17, 15) is 9.18 Å². The third-order valence-electron chi connectivity index (χ3n) is 6.87. The topological polar surface area (TPSA) is 91.1 Å². The summed E-state index contributed by atoms with van der Waals surface area (Å²) in [6.45, 7) is 12.4. The van der Waals surface area contributed by atoms with Crippen LogP contribution in [0.15, 0.2) is 41.8 Å². The van der Waals surface area contributed by atoms with Gasteiger partial charge in [0.15, 0.2) is 16.6 Å². The van der Waals surface area contributed by atoms with Crippen molar-refractivity contribution < 1.29 is 13.9 Å². The van der Waals surface area contributed by atoms with Crippen LogP contribution in [-0.2, 0) is 11.2 Å². The summed E-state index contributed by atoms with van der Waals surface area (Å²) >= 11 is 1.53. The molecule has 4 aromatic rings. The van der Waals surface area contributed by atoms with Crippen molar-refractivity contribution in [2.45, 2.75) is 39.7 Å². The number of fused-ring (bicyclic) bond motifs is 1. The zero-order valence-corrected chi connectivity index (χ0v) is 25.0. The average molecular weight is 581 g/mol. The number of nitrogens with zero attached hydrogens (tertiary/aromatic N) is 7. The first-order chi connectivity index (χ1) is 19.6.